The largest absolute Gasteiger partial charge is 0.496 e. The molecule has 6 heteroatoms. The van der Waals surface area contributed by atoms with Crippen LogP contribution in [0.15, 0.2) is 29.2 Å². The van der Waals surface area contributed by atoms with Gasteiger partial charge in [-0.25, -0.2) is 0 Å². The third-order valence-electron chi connectivity index (χ3n) is 2.43. The van der Waals surface area contributed by atoms with Gasteiger partial charge in [-0.05, 0) is 18.1 Å². The zero-order valence-corrected chi connectivity index (χ0v) is 12.9. The van der Waals surface area contributed by atoms with Gasteiger partial charge in [-0.1, -0.05) is 19.1 Å². The highest BCUT2D eigenvalue weighted by Crippen LogP contribution is 2.29. The van der Waals surface area contributed by atoms with Crippen molar-refractivity contribution in [3.63, 3.8) is 0 Å². The molecule has 3 N–H and O–H groups in total. The number of hydrogen-bond acceptors (Lipinski definition) is 4. The maximum absolute atomic E-state index is 11.0. The lowest BCUT2D eigenvalue weighted by atomic mass is 10.2. The minimum atomic E-state index is -0.107. The lowest BCUT2D eigenvalue weighted by molar-refractivity contribution is -0.119. The van der Waals surface area contributed by atoms with E-state index in [4.69, 9.17) is 10.5 Å². The summed E-state index contributed by atoms with van der Waals surface area (Å²) in [5, 5.41) is 2.79. The van der Waals surface area contributed by atoms with Crippen molar-refractivity contribution < 1.29 is 9.53 Å². The summed E-state index contributed by atoms with van der Waals surface area (Å²) in [5.74, 6) is 2.09. The Morgan fingerprint density at radius 3 is 2.79 bits per heavy atom. The summed E-state index contributed by atoms with van der Waals surface area (Å²) in [6.07, 6.45) is 0. The molecule has 0 saturated carbocycles. The van der Waals surface area contributed by atoms with Crippen LogP contribution in [-0.4, -0.2) is 31.9 Å². The second kappa shape index (κ2) is 9.95. The van der Waals surface area contributed by atoms with Gasteiger partial charge < -0.3 is 15.8 Å². The first kappa shape index (κ1) is 18.1. The first-order chi connectivity index (χ1) is 8.67. The summed E-state index contributed by atoms with van der Waals surface area (Å²) in [4.78, 5) is 12.2. The van der Waals surface area contributed by atoms with E-state index in [1.165, 1.54) is 0 Å². The molecule has 108 valence electrons. The fraction of sp³-hybridized carbons (Fsp3) is 0.462. The number of halogens is 1. The molecule has 0 heterocycles. The van der Waals surface area contributed by atoms with Crippen LogP contribution < -0.4 is 15.8 Å². The summed E-state index contributed by atoms with van der Waals surface area (Å²) in [7, 11) is 1.67. The number of amides is 1. The number of methoxy groups -OCH3 is 1. The summed E-state index contributed by atoms with van der Waals surface area (Å²) < 4.78 is 5.29. The molecule has 0 saturated heterocycles. The van der Waals surface area contributed by atoms with Crippen molar-refractivity contribution in [2.75, 3.05) is 26.0 Å². The summed E-state index contributed by atoms with van der Waals surface area (Å²) in [6.45, 7) is 2.80. The molecule has 1 rings (SSSR count). The Labute approximate surface area is 124 Å². The SMILES string of the molecule is COc1ccccc1SCC(C)CNC(=O)CN.Cl. The molecule has 1 amide bonds. The third-order valence-corrected chi connectivity index (χ3v) is 3.81. The number of thioether (sulfide) groups is 1. The van der Waals surface area contributed by atoms with Crippen molar-refractivity contribution in [1.29, 1.82) is 0 Å². The highest BCUT2D eigenvalue weighted by Gasteiger charge is 2.07. The van der Waals surface area contributed by atoms with E-state index < -0.39 is 0 Å². The standard InChI is InChI=1S/C13H20N2O2S.ClH/c1-10(8-15-13(16)7-14)9-18-12-6-4-3-5-11(12)17-2;/h3-6,10H,7-9,14H2,1-2H3,(H,15,16);1H. The van der Waals surface area contributed by atoms with Crippen molar-refractivity contribution >= 4 is 30.1 Å². The van der Waals surface area contributed by atoms with Gasteiger partial charge in [0, 0.05) is 17.2 Å². The number of nitrogens with one attached hydrogen (secondary N) is 1. The zero-order valence-electron chi connectivity index (χ0n) is 11.2. The number of carbonyl (C=O) groups excluding carboxylic acids is 1. The van der Waals surface area contributed by atoms with E-state index >= 15 is 0 Å². The van der Waals surface area contributed by atoms with Crippen molar-refractivity contribution in [3.8, 4) is 5.75 Å². The van der Waals surface area contributed by atoms with Crippen LogP contribution in [0, 0.1) is 5.92 Å². The first-order valence-corrected chi connectivity index (χ1v) is 6.88. The number of benzene rings is 1. The molecule has 0 aliphatic carbocycles. The Morgan fingerprint density at radius 1 is 1.47 bits per heavy atom. The summed E-state index contributed by atoms with van der Waals surface area (Å²) in [6, 6.07) is 7.93. The van der Waals surface area contributed by atoms with E-state index in [2.05, 4.69) is 12.2 Å². The van der Waals surface area contributed by atoms with Crippen LogP contribution in [0.3, 0.4) is 0 Å². The summed E-state index contributed by atoms with van der Waals surface area (Å²) >= 11 is 1.73. The molecule has 0 radical (unpaired) electrons. The predicted octanol–water partition coefficient (Wildman–Crippen LogP) is 1.92. The molecule has 19 heavy (non-hydrogen) atoms. The Morgan fingerprint density at radius 2 is 2.16 bits per heavy atom. The highest BCUT2D eigenvalue weighted by atomic mass is 35.5. The lowest BCUT2D eigenvalue weighted by Gasteiger charge is -2.13. The van der Waals surface area contributed by atoms with E-state index in [9.17, 15) is 4.79 Å². The fourth-order valence-electron chi connectivity index (χ4n) is 1.39. The van der Waals surface area contributed by atoms with Crippen molar-refractivity contribution in [3.05, 3.63) is 24.3 Å². The molecule has 1 aromatic carbocycles. The molecule has 0 bridgehead atoms. The number of hydrogen-bond donors (Lipinski definition) is 2. The highest BCUT2D eigenvalue weighted by molar-refractivity contribution is 7.99. The molecular formula is C13H21ClN2O2S. The Kier molecular flexibility index (Phi) is 9.47. The Balaban J connectivity index is 0.00000324. The molecule has 1 aromatic rings. The second-order valence-corrected chi connectivity index (χ2v) is 5.14. The first-order valence-electron chi connectivity index (χ1n) is 5.90. The maximum atomic E-state index is 11.0. The van der Waals surface area contributed by atoms with E-state index in [0.29, 0.717) is 12.5 Å². The summed E-state index contributed by atoms with van der Waals surface area (Å²) in [5.41, 5.74) is 5.23. The lowest BCUT2D eigenvalue weighted by Crippen LogP contribution is -2.34. The average Bonchev–Trinajstić information content (AvgIpc) is 2.42. The van der Waals surface area contributed by atoms with Gasteiger partial charge in [0.2, 0.25) is 5.91 Å². The van der Waals surface area contributed by atoms with Gasteiger partial charge in [0.25, 0.3) is 0 Å². The Hall–Kier alpha value is -0.910. The van der Waals surface area contributed by atoms with Crippen molar-refractivity contribution in [2.24, 2.45) is 11.7 Å². The molecule has 0 fully saturated rings. The molecule has 0 aromatic heterocycles. The van der Waals surface area contributed by atoms with Crippen LogP contribution in [0.4, 0.5) is 0 Å². The number of para-hydroxylation sites is 1. The number of rotatable bonds is 7. The van der Waals surface area contributed by atoms with E-state index in [1.54, 1.807) is 18.9 Å². The van der Waals surface area contributed by atoms with Gasteiger partial charge in [-0.3, -0.25) is 4.79 Å². The third kappa shape index (κ3) is 6.71. The van der Waals surface area contributed by atoms with E-state index in [1.807, 2.05) is 24.3 Å². The fourth-order valence-corrected chi connectivity index (χ4v) is 2.44. The van der Waals surface area contributed by atoms with Gasteiger partial charge in [0.15, 0.2) is 0 Å². The number of carbonyl (C=O) groups is 1. The monoisotopic (exact) mass is 304 g/mol. The van der Waals surface area contributed by atoms with Gasteiger partial charge in [-0.2, -0.15) is 0 Å². The van der Waals surface area contributed by atoms with E-state index in [0.717, 1.165) is 16.4 Å². The van der Waals surface area contributed by atoms with Crippen LogP contribution in [-0.2, 0) is 4.79 Å². The van der Waals surface area contributed by atoms with Crippen LogP contribution in [0.2, 0.25) is 0 Å². The van der Waals surface area contributed by atoms with Crippen molar-refractivity contribution in [1.82, 2.24) is 5.32 Å². The smallest absolute Gasteiger partial charge is 0.233 e. The van der Waals surface area contributed by atoms with Gasteiger partial charge in [0.1, 0.15) is 5.75 Å². The number of nitrogens with two attached hydrogens (primary N) is 1. The second-order valence-electron chi connectivity index (χ2n) is 4.08. The van der Waals surface area contributed by atoms with Crippen LogP contribution in [0.5, 0.6) is 5.75 Å². The van der Waals surface area contributed by atoms with Crippen LogP contribution in [0.1, 0.15) is 6.92 Å². The molecule has 0 aliphatic heterocycles. The van der Waals surface area contributed by atoms with Gasteiger partial charge in [-0.15, -0.1) is 24.2 Å². The molecule has 0 aliphatic rings. The number of ether oxygens (including phenoxy) is 1. The zero-order chi connectivity index (χ0) is 13.4. The quantitative estimate of drug-likeness (QED) is 0.756. The van der Waals surface area contributed by atoms with Gasteiger partial charge >= 0.3 is 0 Å². The predicted molar refractivity (Wildman–Crippen MR) is 82.2 cm³/mol. The van der Waals surface area contributed by atoms with E-state index in [-0.39, 0.29) is 24.9 Å². The maximum Gasteiger partial charge on any atom is 0.233 e. The topological polar surface area (TPSA) is 64.3 Å². The molecule has 1 atom stereocenters. The molecular weight excluding hydrogens is 284 g/mol. The Bertz CT molecular complexity index is 391. The van der Waals surface area contributed by atoms with Crippen LogP contribution in [0.25, 0.3) is 0 Å². The van der Waals surface area contributed by atoms with Gasteiger partial charge in [0.05, 0.1) is 13.7 Å². The average molecular weight is 305 g/mol. The minimum Gasteiger partial charge on any atom is -0.496 e. The molecule has 0 spiro atoms. The minimum absolute atomic E-state index is 0. The normalized spacial score (nSPS) is 11.3. The van der Waals surface area contributed by atoms with Crippen molar-refractivity contribution in [2.45, 2.75) is 11.8 Å². The molecule has 4 nitrogen and oxygen atoms in total. The molecule has 1 unspecified atom stereocenters. The van der Waals surface area contributed by atoms with Crippen LogP contribution >= 0.6 is 24.2 Å².